The van der Waals surface area contributed by atoms with Crippen LogP contribution in [0.15, 0.2) is 48.5 Å². The predicted molar refractivity (Wildman–Crippen MR) is 92.1 cm³/mol. The first-order valence-electron chi connectivity index (χ1n) is 7.71. The molecule has 112 valence electrons. The van der Waals surface area contributed by atoms with Gasteiger partial charge in [-0.3, -0.25) is 0 Å². The molecular weight excluding hydrogens is 278 g/mol. The lowest BCUT2D eigenvalue weighted by Crippen LogP contribution is -2.15. The van der Waals surface area contributed by atoms with E-state index in [-0.39, 0.29) is 0 Å². The number of nitrogens with two attached hydrogens (primary N) is 1. The molecular formula is C19H24ClN. The summed E-state index contributed by atoms with van der Waals surface area (Å²) in [6.45, 7) is 5.15. The molecule has 0 bridgehead atoms. The lowest BCUT2D eigenvalue weighted by Gasteiger charge is -2.26. The van der Waals surface area contributed by atoms with E-state index >= 15 is 0 Å². The van der Waals surface area contributed by atoms with E-state index in [1.54, 1.807) is 0 Å². The Morgan fingerprint density at radius 2 is 1.76 bits per heavy atom. The molecule has 1 nitrogen and oxygen atoms in total. The minimum absolute atomic E-state index is 0.407. The highest BCUT2D eigenvalue weighted by Gasteiger charge is 2.22. The predicted octanol–water partition coefficient (Wildman–Crippen LogP) is 5.14. The molecule has 0 heterocycles. The molecule has 2 atom stereocenters. The van der Waals surface area contributed by atoms with Crippen molar-refractivity contribution < 1.29 is 0 Å². The van der Waals surface area contributed by atoms with E-state index < -0.39 is 0 Å². The fraction of sp³-hybridized carbons (Fsp3) is 0.368. The summed E-state index contributed by atoms with van der Waals surface area (Å²) >= 11 is 6.38. The van der Waals surface area contributed by atoms with Crippen molar-refractivity contribution >= 4 is 11.6 Å². The van der Waals surface area contributed by atoms with Crippen molar-refractivity contribution in [3.05, 3.63) is 70.2 Å². The largest absolute Gasteiger partial charge is 0.330 e. The lowest BCUT2D eigenvalue weighted by atomic mass is 9.79. The molecule has 2 aromatic carbocycles. The Kier molecular flexibility index (Phi) is 5.84. The molecule has 0 saturated carbocycles. The van der Waals surface area contributed by atoms with Crippen molar-refractivity contribution in [1.82, 2.24) is 0 Å². The van der Waals surface area contributed by atoms with Crippen LogP contribution in [-0.2, 0) is 6.42 Å². The van der Waals surface area contributed by atoms with Crippen molar-refractivity contribution in [3.8, 4) is 0 Å². The zero-order valence-corrected chi connectivity index (χ0v) is 13.6. The van der Waals surface area contributed by atoms with E-state index in [1.165, 1.54) is 16.7 Å². The molecule has 0 aliphatic carbocycles. The molecule has 21 heavy (non-hydrogen) atoms. The molecule has 2 heteroatoms. The molecule has 0 spiro atoms. The number of rotatable bonds is 6. The minimum Gasteiger partial charge on any atom is -0.330 e. The smallest absolute Gasteiger partial charge is 0.0440 e. The number of benzene rings is 2. The minimum atomic E-state index is 0.407. The number of hydrogen-bond donors (Lipinski definition) is 1. The molecule has 2 N–H and O–H groups in total. The van der Waals surface area contributed by atoms with E-state index in [4.69, 9.17) is 17.3 Å². The summed E-state index contributed by atoms with van der Waals surface area (Å²) in [4.78, 5) is 0. The van der Waals surface area contributed by atoms with E-state index in [2.05, 4.69) is 56.3 Å². The molecule has 0 saturated heterocycles. The molecule has 0 aliphatic rings. The first kappa shape index (κ1) is 16.1. The van der Waals surface area contributed by atoms with Gasteiger partial charge in [0.05, 0.1) is 0 Å². The normalized spacial score (nSPS) is 13.9. The highest BCUT2D eigenvalue weighted by Crippen LogP contribution is 2.38. The third-order valence-electron chi connectivity index (χ3n) is 4.31. The van der Waals surface area contributed by atoms with Crippen LogP contribution < -0.4 is 5.73 Å². The van der Waals surface area contributed by atoms with Crippen LogP contribution in [0.1, 0.15) is 48.8 Å². The molecule has 2 unspecified atom stereocenters. The standard InChI is InChI=1S/C19H24ClN/c1-3-16-18(10-7-11-19(16)20)14(2)17(12-13-21)15-8-5-4-6-9-15/h4-11,14,17H,3,12-13,21H2,1-2H3. The van der Waals surface area contributed by atoms with Crippen molar-refractivity contribution in [2.75, 3.05) is 6.54 Å². The molecule has 2 aromatic rings. The maximum Gasteiger partial charge on any atom is 0.0440 e. The van der Waals surface area contributed by atoms with Gasteiger partial charge in [-0.05, 0) is 54.0 Å². The summed E-state index contributed by atoms with van der Waals surface area (Å²) in [6, 6.07) is 16.9. The highest BCUT2D eigenvalue weighted by atomic mass is 35.5. The van der Waals surface area contributed by atoms with E-state index in [1.807, 2.05) is 6.07 Å². The Bertz CT molecular complexity index is 565. The molecule has 0 fully saturated rings. The monoisotopic (exact) mass is 301 g/mol. The summed E-state index contributed by atoms with van der Waals surface area (Å²) in [5, 5.41) is 0.876. The fourth-order valence-corrected chi connectivity index (χ4v) is 3.49. The third-order valence-corrected chi connectivity index (χ3v) is 4.66. The van der Waals surface area contributed by atoms with Crippen LogP contribution in [0, 0.1) is 0 Å². The average molecular weight is 302 g/mol. The van der Waals surface area contributed by atoms with Gasteiger partial charge in [0.25, 0.3) is 0 Å². The Balaban J connectivity index is 2.40. The summed E-state index contributed by atoms with van der Waals surface area (Å²) < 4.78 is 0. The van der Waals surface area contributed by atoms with Crippen LogP contribution in [0.5, 0.6) is 0 Å². The fourth-order valence-electron chi connectivity index (χ4n) is 3.18. The topological polar surface area (TPSA) is 26.0 Å². The Morgan fingerprint density at radius 3 is 2.38 bits per heavy atom. The third kappa shape index (κ3) is 3.66. The SMILES string of the molecule is CCc1c(Cl)cccc1C(C)C(CCN)c1ccccc1. The molecule has 0 amide bonds. The van der Waals surface area contributed by atoms with Gasteiger partial charge in [0.1, 0.15) is 0 Å². The summed E-state index contributed by atoms with van der Waals surface area (Å²) in [5.74, 6) is 0.838. The first-order chi connectivity index (χ1) is 10.2. The van der Waals surface area contributed by atoms with Crippen LogP contribution >= 0.6 is 11.6 Å². The summed E-state index contributed by atoms with van der Waals surface area (Å²) in [6.07, 6.45) is 1.95. The van der Waals surface area contributed by atoms with Gasteiger partial charge < -0.3 is 5.73 Å². The second-order valence-electron chi connectivity index (χ2n) is 5.54. The zero-order valence-electron chi connectivity index (χ0n) is 12.9. The number of halogens is 1. The Morgan fingerprint density at radius 1 is 1.05 bits per heavy atom. The van der Waals surface area contributed by atoms with Gasteiger partial charge in [-0.25, -0.2) is 0 Å². The maximum atomic E-state index is 6.38. The van der Waals surface area contributed by atoms with E-state index in [9.17, 15) is 0 Å². The van der Waals surface area contributed by atoms with E-state index in [0.717, 1.165) is 17.9 Å². The summed E-state index contributed by atoms with van der Waals surface area (Å²) in [5.41, 5.74) is 9.84. The second-order valence-corrected chi connectivity index (χ2v) is 5.95. The average Bonchev–Trinajstić information content (AvgIpc) is 2.52. The second kappa shape index (κ2) is 7.63. The van der Waals surface area contributed by atoms with Crippen LogP contribution in [0.4, 0.5) is 0 Å². The van der Waals surface area contributed by atoms with Gasteiger partial charge >= 0.3 is 0 Å². The Labute approximate surface area is 133 Å². The van der Waals surface area contributed by atoms with Crippen LogP contribution in [-0.4, -0.2) is 6.54 Å². The molecule has 0 aliphatic heterocycles. The van der Waals surface area contributed by atoms with Crippen molar-refractivity contribution in [1.29, 1.82) is 0 Å². The lowest BCUT2D eigenvalue weighted by molar-refractivity contribution is 0.539. The van der Waals surface area contributed by atoms with Gasteiger partial charge in [-0.1, -0.05) is 67.9 Å². The van der Waals surface area contributed by atoms with Gasteiger partial charge in [0, 0.05) is 5.02 Å². The maximum absolute atomic E-state index is 6.38. The van der Waals surface area contributed by atoms with E-state index in [0.29, 0.717) is 18.4 Å². The zero-order chi connectivity index (χ0) is 15.2. The molecule has 0 aromatic heterocycles. The Hall–Kier alpha value is -1.31. The highest BCUT2D eigenvalue weighted by molar-refractivity contribution is 6.31. The van der Waals surface area contributed by atoms with Gasteiger partial charge in [-0.2, -0.15) is 0 Å². The van der Waals surface area contributed by atoms with Gasteiger partial charge in [-0.15, -0.1) is 0 Å². The van der Waals surface area contributed by atoms with Crippen LogP contribution in [0.3, 0.4) is 0 Å². The van der Waals surface area contributed by atoms with Crippen molar-refractivity contribution in [3.63, 3.8) is 0 Å². The van der Waals surface area contributed by atoms with Crippen molar-refractivity contribution in [2.24, 2.45) is 5.73 Å². The van der Waals surface area contributed by atoms with Gasteiger partial charge in [0.15, 0.2) is 0 Å². The molecule has 0 radical (unpaired) electrons. The van der Waals surface area contributed by atoms with Crippen molar-refractivity contribution in [2.45, 2.75) is 38.5 Å². The first-order valence-corrected chi connectivity index (χ1v) is 8.09. The van der Waals surface area contributed by atoms with Gasteiger partial charge in [0.2, 0.25) is 0 Å². The number of hydrogen-bond acceptors (Lipinski definition) is 1. The quantitative estimate of drug-likeness (QED) is 0.785. The van der Waals surface area contributed by atoms with Crippen LogP contribution in [0.2, 0.25) is 5.02 Å². The summed E-state index contributed by atoms with van der Waals surface area (Å²) in [7, 11) is 0. The molecule has 2 rings (SSSR count). The van der Waals surface area contributed by atoms with Crippen LogP contribution in [0.25, 0.3) is 0 Å².